The van der Waals surface area contributed by atoms with Crippen molar-refractivity contribution in [2.45, 2.75) is 4.90 Å². The highest BCUT2D eigenvalue weighted by molar-refractivity contribution is 8.00. The van der Waals surface area contributed by atoms with Crippen LogP contribution < -0.4 is 15.4 Å². The molecule has 3 rings (SSSR count). The molecular formula is C20H17ClN2O4S. The summed E-state index contributed by atoms with van der Waals surface area (Å²) in [6.07, 6.45) is 1.42. The molecule has 0 fully saturated rings. The highest BCUT2D eigenvalue weighted by atomic mass is 35.5. The maximum absolute atomic E-state index is 12.4. The Morgan fingerprint density at radius 1 is 1.07 bits per heavy atom. The first-order valence-corrected chi connectivity index (χ1v) is 9.62. The Labute approximate surface area is 171 Å². The highest BCUT2D eigenvalue weighted by Gasteiger charge is 2.14. The monoisotopic (exact) mass is 416 g/mol. The van der Waals surface area contributed by atoms with Gasteiger partial charge in [0.15, 0.2) is 5.76 Å². The summed E-state index contributed by atoms with van der Waals surface area (Å²) in [5, 5.41) is 6.17. The van der Waals surface area contributed by atoms with E-state index < -0.39 is 5.91 Å². The number of thioether (sulfide) groups is 1. The van der Waals surface area contributed by atoms with Crippen LogP contribution in [0.15, 0.2) is 70.2 Å². The van der Waals surface area contributed by atoms with Crippen molar-refractivity contribution in [2.75, 3.05) is 23.5 Å². The van der Waals surface area contributed by atoms with Crippen LogP contribution in [0.1, 0.15) is 10.6 Å². The Morgan fingerprint density at radius 3 is 2.54 bits per heavy atom. The standard InChI is InChI=1S/C20H17ClN2O4S/c1-26-14-6-9-16(23-20(25)18-3-2-10-27-18)17(11-14)22-19(24)12-28-15-7-4-13(21)5-8-15/h2-11H,12H2,1H3,(H,22,24)(H,23,25). The van der Waals surface area contributed by atoms with Gasteiger partial charge >= 0.3 is 0 Å². The summed E-state index contributed by atoms with van der Waals surface area (Å²) in [4.78, 5) is 25.6. The van der Waals surface area contributed by atoms with Crippen molar-refractivity contribution in [3.63, 3.8) is 0 Å². The Morgan fingerprint density at radius 2 is 1.86 bits per heavy atom. The average Bonchev–Trinajstić information content (AvgIpc) is 3.24. The molecule has 28 heavy (non-hydrogen) atoms. The zero-order valence-electron chi connectivity index (χ0n) is 14.9. The van der Waals surface area contributed by atoms with Gasteiger partial charge < -0.3 is 19.8 Å². The van der Waals surface area contributed by atoms with E-state index >= 15 is 0 Å². The summed E-state index contributed by atoms with van der Waals surface area (Å²) in [5.41, 5.74) is 0.869. The third-order valence-electron chi connectivity index (χ3n) is 3.68. The Hall–Kier alpha value is -2.90. The lowest BCUT2D eigenvalue weighted by molar-refractivity contribution is -0.113. The predicted octanol–water partition coefficient (Wildman–Crippen LogP) is 4.92. The number of ether oxygens (including phenoxy) is 1. The second-order valence-electron chi connectivity index (χ2n) is 5.63. The van der Waals surface area contributed by atoms with Crippen molar-refractivity contribution in [3.05, 3.63) is 71.6 Å². The fourth-order valence-corrected chi connectivity index (χ4v) is 3.14. The van der Waals surface area contributed by atoms with E-state index in [1.807, 2.05) is 12.1 Å². The van der Waals surface area contributed by atoms with E-state index in [9.17, 15) is 9.59 Å². The first-order valence-electron chi connectivity index (χ1n) is 8.26. The van der Waals surface area contributed by atoms with Gasteiger partial charge in [-0.05, 0) is 48.5 Å². The zero-order chi connectivity index (χ0) is 19.9. The number of amides is 2. The number of benzene rings is 2. The Balaban J connectivity index is 1.69. The van der Waals surface area contributed by atoms with Gasteiger partial charge in [-0.25, -0.2) is 0 Å². The maximum atomic E-state index is 12.4. The number of rotatable bonds is 7. The van der Waals surface area contributed by atoms with Crippen LogP contribution in [0.5, 0.6) is 5.75 Å². The molecule has 2 N–H and O–H groups in total. The van der Waals surface area contributed by atoms with E-state index in [4.69, 9.17) is 20.8 Å². The number of nitrogens with one attached hydrogen (secondary N) is 2. The molecule has 2 amide bonds. The molecule has 3 aromatic rings. The molecule has 2 aromatic carbocycles. The lowest BCUT2D eigenvalue weighted by Crippen LogP contribution is -2.17. The summed E-state index contributed by atoms with van der Waals surface area (Å²) in [6.45, 7) is 0. The van der Waals surface area contributed by atoms with E-state index in [2.05, 4.69) is 10.6 Å². The smallest absolute Gasteiger partial charge is 0.291 e. The average molecular weight is 417 g/mol. The molecule has 0 saturated heterocycles. The molecule has 144 valence electrons. The fourth-order valence-electron chi connectivity index (χ4n) is 2.32. The molecule has 0 aliphatic carbocycles. The summed E-state index contributed by atoms with van der Waals surface area (Å²) < 4.78 is 10.3. The van der Waals surface area contributed by atoms with Crippen LogP contribution in [0.3, 0.4) is 0 Å². The molecule has 6 nitrogen and oxygen atoms in total. The van der Waals surface area contributed by atoms with Gasteiger partial charge in [0.2, 0.25) is 5.91 Å². The number of methoxy groups -OCH3 is 1. The largest absolute Gasteiger partial charge is 0.497 e. The van der Waals surface area contributed by atoms with Crippen molar-refractivity contribution >= 4 is 46.6 Å². The summed E-state index contributed by atoms with van der Waals surface area (Å²) >= 11 is 7.24. The van der Waals surface area contributed by atoms with Gasteiger partial charge in [0.1, 0.15) is 5.75 Å². The number of halogens is 1. The van der Waals surface area contributed by atoms with Crippen LogP contribution in [0.4, 0.5) is 11.4 Å². The molecule has 0 bridgehead atoms. The molecule has 1 heterocycles. The number of hydrogen-bond acceptors (Lipinski definition) is 5. The van der Waals surface area contributed by atoms with Crippen LogP contribution in [0.2, 0.25) is 5.02 Å². The van der Waals surface area contributed by atoms with Crippen molar-refractivity contribution < 1.29 is 18.7 Å². The van der Waals surface area contributed by atoms with Gasteiger partial charge in [-0.1, -0.05) is 11.6 Å². The minimum atomic E-state index is -0.416. The first kappa shape index (κ1) is 19.9. The van der Waals surface area contributed by atoms with Crippen LogP contribution in [0.25, 0.3) is 0 Å². The zero-order valence-corrected chi connectivity index (χ0v) is 16.5. The first-order chi connectivity index (χ1) is 13.5. The molecule has 0 aliphatic rings. The fraction of sp³-hybridized carbons (Fsp3) is 0.100. The van der Waals surface area contributed by atoms with Crippen LogP contribution in [-0.2, 0) is 4.79 Å². The van der Waals surface area contributed by atoms with E-state index in [1.54, 1.807) is 42.5 Å². The summed E-state index contributed by atoms with van der Waals surface area (Å²) in [7, 11) is 1.53. The van der Waals surface area contributed by atoms with E-state index in [0.29, 0.717) is 22.1 Å². The minimum Gasteiger partial charge on any atom is -0.497 e. The van der Waals surface area contributed by atoms with E-state index in [1.165, 1.54) is 25.1 Å². The second-order valence-corrected chi connectivity index (χ2v) is 7.12. The lowest BCUT2D eigenvalue weighted by Gasteiger charge is -2.13. The quantitative estimate of drug-likeness (QED) is 0.534. The molecule has 0 radical (unpaired) electrons. The predicted molar refractivity (Wildman–Crippen MR) is 110 cm³/mol. The van der Waals surface area contributed by atoms with Gasteiger partial charge in [0.25, 0.3) is 5.91 Å². The van der Waals surface area contributed by atoms with Gasteiger partial charge in [-0.2, -0.15) is 0 Å². The van der Waals surface area contributed by atoms with Crippen molar-refractivity contribution in [1.29, 1.82) is 0 Å². The third kappa shape index (κ3) is 5.31. The number of hydrogen-bond donors (Lipinski definition) is 2. The number of furan rings is 1. The molecule has 8 heteroatoms. The van der Waals surface area contributed by atoms with Crippen LogP contribution in [-0.4, -0.2) is 24.7 Å². The Kier molecular flexibility index (Phi) is 6.62. The van der Waals surface area contributed by atoms with Gasteiger partial charge in [0, 0.05) is 16.0 Å². The maximum Gasteiger partial charge on any atom is 0.291 e. The van der Waals surface area contributed by atoms with Crippen molar-refractivity contribution in [1.82, 2.24) is 0 Å². The molecule has 0 saturated carbocycles. The summed E-state index contributed by atoms with van der Waals surface area (Å²) in [6, 6.07) is 15.4. The number of carbonyl (C=O) groups is 2. The highest BCUT2D eigenvalue weighted by Crippen LogP contribution is 2.28. The molecule has 0 aliphatic heterocycles. The number of carbonyl (C=O) groups excluding carboxylic acids is 2. The van der Waals surface area contributed by atoms with Gasteiger partial charge in [-0.3, -0.25) is 9.59 Å². The van der Waals surface area contributed by atoms with Gasteiger partial charge in [0.05, 0.1) is 30.5 Å². The molecular weight excluding hydrogens is 400 g/mol. The van der Waals surface area contributed by atoms with Crippen molar-refractivity contribution in [3.8, 4) is 5.75 Å². The topological polar surface area (TPSA) is 80.6 Å². The normalized spacial score (nSPS) is 10.4. The van der Waals surface area contributed by atoms with Crippen LogP contribution in [0, 0.1) is 0 Å². The second kappa shape index (κ2) is 9.34. The van der Waals surface area contributed by atoms with Crippen molar-refractivity contribution in [2.24, 2.45) is 0 Å². The van der Waals surface area contributed by atoms with E-state index in [-0.39, 0.29) is 17.4 Å². The Bertz CT molecular complexity index is 959. The third-order valence-corrected chi connectivity index (χ3v) is 4.94. The summed E-state index contributed by atoms with van der Waals surface area (Å²) in [5.74, 6) is 0.288. The molecule has 0 atom stereocenters. The lowest BCUT2D eigenvalue weighted by atomic mass is 10.2. The molecule has 1 aromatic heterocycles. The molecule has 0 spiro atoms. The SMILES string of the molecule is COc1ccc(NC(=O)c2ccco2)c(NC(=O)CSc2ccc(Cl)cc2)c1. The van der Waals surface area contributed by atoms with Gasteiger partial charge in [-0.15, -0.1) is 11.8 Å². The van der Waals surface area contributed by atoms with E-state index in [0.717, 1.165) is 4.90 Å². The number of anilines is 2. The molecule has 0 unspecified atom stereocenters. The minimum absolute atomic E-state index is 0.173. The van der Waals surface area contributed by atoms with Crippen LogP contribution >= 0.6 is 23.4 Å².